The first-order valence-corrected chi connectivity index (χ1v) is 9.28. The summed E-state index contributed by atoms with van der Waals surface area (Å²) >= 11 is 0. The number of nitrogens with one attached hydrogen (secondary N) is 1. The summed E-state index contributed by atoms with van der Waals surface area (Å²) < 4.78 is 15.6. The van der Waals surface area contributed by atoms with Gasteiger partial charge in [-0.15, -0.1) is 17.5 Å². The highest BCUT2D eigenvalue weighted by Gasteiger charge is 2.27. The zero-order valence-corrected chi connectivity index (χ0v) is 16.6. The van der Waals surface area contributed by atoms with Gasteiger partial charge in [0, 0.05) is 19.5 Å². The van der Waals surface area contributed by atoms with E-state index in [2.05, 4.69) is 15.4 Å². The van der Waals surface area contributed by atoms with Crippen molar-refractivity contribution in [1.29, 1.82) is 0 Å². The average molecular weight is 396 g/mol. The van der Waals surface area contributed by atoms with Gasteiger partial charge in [0.25, 0.3) is 5.91 Å². The molecule has 1 aliphatic heterocycles. The Morgan fingerprint density at radius 2 is 2.00 bits per heavy atom. The molecule has 0 unspecified atom stereocenters. The summed E-state index contributed by atoms with van der Waals surface area (Å²) in [6.07, 6.45) is 3.71. The second-order valence-corrected chi connectivity index (χ2v) is 6.70. The molecule has 0 radical (unpaired) electrons. The molecule has 0 atom stereocenters. The van der Waals surface area contributed by atoms with E-state index in [-0.39, 0.29) is 30.0 Å². The number of para-hydroxylation sites is 1. The SMILES string of the molecule is CCc1nc(C(=O)N2CCC(CCNC)CC2)nn1-c1ccccc1F.Cl. The number of amides is 1. The molecule has 6 nitrogen and oxygen atoms in total. The fraction of sp³-hybridized carbons (Fsp3) is 0.526. The normalized spacial score (nSPS) is 14.9. The molecule has 27 heavy (non-hydrogen) atoms. The Bertz CT molecular complexity index is 758. The van der Waals surface area contributed by atoms with Gasteiger partial charge in [-0.25, -0.2) is 14.1 Å². The maximum atomic E-state index is 14.1. The van der Waals surface area contributed by atoms with Crippen LogP contribution >= 0.6 is 12.4 Å². The Kier molecular flexibility index (Phi) is 7.74. The summed E-state index contributed by atoms with van der Waals surface area (Å²) in [6.45, 7) is 4.38. The molecule has 0 bridgehead atoms. The molecule has 1 aromatic carbocycles. The molecule has 1 N–H and O–H groups in total. The molecule has 1 fully saturated rings. The van der Waals surface area contributed by atoms with Gasteiger partial charge in [0.2, 0.25) is 5.82 Å². The second-order valence-electron chi connectivity index (χ2n) is 6.70. The second kappa shape index (κ2) is 9.80. The summed E-state index contributed by atoms with van der Waals surface area (Å²) in [5.41, 5.74) is 0.321. The first kappa shape index (κ1) is 21.3. The zero-order chi connectivity index (χ0) is 18.5. The predicted octanol–water partition coefficient (Wildman–Crippen LogP) is 2.85. The number of halogens is 2. The number of carbonyl (C=O) groups is 1. The molecule has 2 aromatic rings. The molecular formula is C19H27ClFN5O. The van der Waals surface area contributed by atoms with Crippen molar-refractivity contribution in [2.45, 2.75) is 32.6 Å². The van der Waals surface area contributed by atoms with Crippen molar-refractivity contribution < 1.29 is 9.18 Å². The van der Waals surface area contributed by atoms with Gasteiger partial charge < -0.3 is 10.2 Å². The number of hydrogen-bond acceptors (Lipinski definition) is 4. The molecule has 3 rings (SSSR count). The van der Waals surface area contributed by atoms with E-state index >= 15 is 0 Å². The van der Waals surface area contributed by atoms with E-state index in [9.17, 15) is 9.18 Å². The molecule has 2 heterocycles. The van der Waals surface area contributed by atoms with Crippen molar-refractivity contribution in [3.05, 3.63) is 41.7 Å². The van der Waals surface area contributed by atoms with Crippen LogP contribution in [0, 0.1) is 11.7 Å². The molecule has 0 aliphatic carbocycles. The number of benzene rings is 1. The van der Waals surface area contributed by atoms with Crippen LogP contribution in [0.25, 0.3) is 5.69 Å². The average Bonchev–Trinajstić information content (AvgIpc) is 3.10. The number of likely N-dealkylation sites (tertiary alicyclic amines) is 1. The Hall–Kier alpha value is -1.99. The Morgan fingerprint density at radius 1 is 1.30 bits per heavy atom. The third-order valence-corrected chi connectivity index (χ3v) is 4.97. The van der Waals surface area contributed by atoms with Crippen LogP contribution in [0.1, 0.15) is 42.6 Å². The molecule has 0 spiro atoms. The van der Waals surface area contributed by atoms with E-state index in [4.69, 9.17) is 0 Å². The molecule has 0 saturated carbocycles. The molecular weight excluding hydrogens is 369 g/mol. The monoisotopic (exact) mass is 395 g/mol. The third kappa shape index (κ3) is 4.84. The van der Waals surface area contributed by atoms with Gasteiger partial charge in [-0.1, -0.05) is 19.1 Å². The smallest absolute Gasteiger partial charge is 0.293 e. The highest BCUT2D eigenvalue weighted by atomic mass is 35.5. The largest absolute Gasteiger partial charge is 0.336 e. The van der Waals surface area contributed by atoms with E-state index in [0.29, 0.717) is 23.9 Å². The quantitative estimate of drug-likeness (QED) is 0.816. The third-order valence-electron chi connectivity index (χ3n) is 4.97. The topological polar surface area (TPSA) is 63.1 Å². The van der Waals surface area contributed by atoms with Crippen LogP contribution < -0.4 is 5.32 Å². The first-order valence-electron chi connectivity index (χ1n) is 9.28. The highest BCUT2D eigenvalue weighted by molar-refractivity contribution is 5.90. The van der Waals surface area contributed by atoms with Crippen LogP contribution in [0.3, 0.4) is 0 Å². The van der Waals surface area contributed by atoms with E-state index < -0.39 is 0 Å². The van der Waals surface area contributed by atoms with Crippen LogP contribution in [0.15, 0.2) is 24.3 Å². The lowest BCUT2D eigenvalue weighted by atomic mass is 9.93. The summed E-state index contributed by atoms with van der Waals surface area (Å²) in [7, 11) is 1.96. The van der Waals surface area contributed by atoms with Gasteiger partial charge in [-0.2, -0.15) is 0 Å². The fourth-order valence-electron chi connectivity index (χ4n) is 3.39. The summed E-state index contributed by atoms with van der Waals surface area (Å²) in [4.78, 5) is 19.0. The van der Waals surface area contributed by atoms with Crippen LogP contribution in [0.2, 0.25) is 0 Å². The summed E-state index contributed by atoms with van der Waals surface area (Å²) in [5.74, 6) is 0.848. The van der Waals surface area contributed by atoms with Gasteiger partial charge >= 0.3 is 0 Å². The highest BCUT2D eigenvalue weighted by Crippen LogP contribution is 2.21. The minimum Gasteiger partial charge on any atom is -0.336 e. The van der Waals surface area contributed by atoms with Crippen molar-refractivity contribution >= 4 is 18.3 Å². The molecule has 8 heteroatoms. The van der Waals surface area contributed by atoms with Gasteiger partial charge in [0.15, 0.2) is 0 Å². The van der Waals surface area contributed by atoms with E-state index in [1.807, 2.05) is 18.9 Å². The molecule has 148 valence electrons. The maximum Gasteiger partial charge on any atom is 0.293 e. The lowest BCUT2D eigenvalue weighted by Gasteiger charge is -2.31. The molecule has 1 saturated heterocycles. The number of carbonyl (C=O) groups excluding carboxylic acids is 1. The van der Waals surface area contributed by atoms with Crippen LogP contribution in [0.5, 0.6) is 0 Å². The number of piperidine rings is 1. The number of aryl methyl sites for hydroxylation is 1. The van der Waals surface area contributed by atoms with Gasteiger partial charge in [-0.05, 0) is 50.9 Å². The van der Waals surface area contributed by atoms with Crippen molar-refractivity contribution in [1.82, 2.24) is 25.0 Å². The Morgan fingerprint density at radius 3 is 2.63 bits per heavy atom. The van der Waals surface area contributed by atoms with E-state index in [1.54, 1.807) is 18.2 Å². The van der Waals surface area contributed by atoms with Gasteiger partial charge in [0.1, 0.15) is 17.3 Å². The number of rotatable bonds is 6. The molecule has 1 amide bonds. The first-order chi connectivity index (χ1) is 12.6. The minimum atomic E-state index is -0.378. The fourth-order valence-corrected chi connectivity index (χ4v) is 3.39. The number of aromatic nitrogens is 3. The summed E-state index contributed by atoms with van der Waals surface area (Å²) in [5, 5.41) is 7.50. The molecule has 1 aromatic heterocycles. The minimum absolute atomic E-state index is 0. The lowest BCUT2D eigenvalue weighted by Crippen LogP contribution is -2.39. The van der Waals surface area contributed by atoms with Crippen LogP contribution in [0.4, 0.5) is 4.39 Å². The van der Waals surface area contributed by atoms with Crippen molar-refractivity contribution in [3.8, 4) is 5.69 Å². The van der Waals surface area contributed by atoms with Crippen molar-refractivity contribution in [3.63, 3.8) is 0 Å². The van der Waals surface area contributed by atoms with Crippen LogP contribution in [-0.4, -0.2) is 52.3 Å². The number of hydrogen-bond donors (Lipinski definition) is 1. The van der Waals surface area contributed by atoms with E-state index in [1.165, 1.54) is 10.7 Å². The zero-order valence-electron chi connectivity index (χ0n) is 15.8. The van der Waals surface area contributed by atoms with E-state index in [0.717, 1.165) is 38.9 Å². The maximum absolute atomic E-state index is 14.1. The Labute approximate surface area is 165 Å². The van der Waals surface area contributed by atoms with Crippen molar-refractivity contribution in [2.24, 2.45) is 5.92 Å². The Balaban J connectivity index is 0.00000261. The summed E-state index contributed by atoms with van der Waals surface area (Å²) in [6, 6.07) is 6.40. The number of nitrogens with zero attached hydrogens (tertiary/aromatic N) is 4. The van der Waals surface area contributed by atoms with Crippen LogP contribution in [-0.2, 0) is 6.42 Å². The van der Waals surface area contributed by atoms with Crippen molar-refractivity contribution in [2.75, 3.05) is 26.7 Å². The molecule has 1 aliphatic rings. The standard InChI is InChI=1S/C19H26FN5O.ClH/c1-3-17-22-18(23-25(17)16-7-5-4-6-15(16)20)19(26)24-12-9-14(10-13-24)8-11-21-2;/h4-7,14,21H,3,8-13H2,1-2H3;1H. The van der Waals surface area contributed by atoms with Gasteiger partial charge in [-0.3, -0.25) is 4.79 Å². The van der Waals surface area contributed by atoms with Gasteiger partial charge in [0.05, 0.1) is 0 Å². The lowest BCUT2D eigenvalue weighted by molar-refractivity contribution is 0.0674. The predicted molar refractivity (Wildman–Crippen MR) is 105 cm³/mol.